The van der Waals surface area contributed by atoms with E-state index in [1.165, 1.54) is 0 Å². The summed E-state index contributed by atoms with van der Waals surface area (Å²) >= 11 is 0. The van der Waals surface area contributed by atoms with Gasteiger partial charge in [0.1, 0.15) is 5.75 Å². The van der Waals surface area contributed by atoms with Gasteiger partial charge in [-0.3, -0.25) is 4.79 Å². The highest BCUT2D eigenvalue weighted by atomic mass is 16.5. The Kier molecular flexibility index (Phi) is 4.16. The first kappa shape index (κ1) is 11.6. The fourth-order valence-electron chi connectivity index (χ4n) is 1.24. The summed E-state index contributed by atoms with van der Waals surface area (Å²) < 4.78 is 5.43. The van der Waals surface area contributed by atoms with Crippen molar-refractivity contribution in [3.05, 3.63) is 29.8 Å². The molecule has 3 heteroatoms. The molecule has 0 aliphatic rings. The zero-order valence-corrected chi connectivity index (χ0v) is 9.06. The van der Waals surface area contributed by atoms with Gasteiger partial charge in [0.15, 0.2) is 0 Å². The number of rotatable bonds is 5. The quantitative estimate of drug-likeness (QED) is 0.809. The lowest BCUT2D eigenvalue weighted by Gasteiger charge is -2.09. The molecule has 1 aromatic carbocycles. The fourth-order valence-corrected chi connectivity index (χ4v) is 1.24. The SMILES string of the molecule is CCCOc1cccc(C(C)C(=O)O)c1. The second kappa shape index (κ2) is 5.39. The summed E-state index contributed by atoms with van der Waals surface area (Å²) in [7, 11) is 0. The molecule has 15 heavy (non-hydrogen) atoms. The lowest BCUT2D eigenvalue weighted by molar-refractivity contribution is -0.138. The third kappa shape index (κ3) is 3.27. The summed E-state index contributed by atoms with van der Waals surface area (Å²) in [4.78, 5) is 10.8. The van der Waals surface area contributed by atoms with Crippen molar-refractivity contribution in [2.45, 2.75) is 26.2 Å². The molecule has 1 N–H and O–H groups in total. The van der Waals surface area contributed by atoms with Crippen LogP contribution in [0, 0.1) is 0 Å². The Morgan fingerprint density at radius 1 is 1.53 bits per heavy atom. The second-order valence-corrected chi connectivity index (χ2v) is 3.48. The molecule has 0 aliphatic carbocycles. The van der Waals surface area contributed by atoms with Gasteiger partial charge in [-0.2, -0.15) is 0 Å². The maximum Gasteiger partial charge on any atom is 0.310 e. The molecule has 0 spiro atoms. The average molecular weight is 208 g/mol. The van der Waals surface area contributed by atoms with Crippen molar-refractivity contribution in [3.8, 4) is 5.75 Å². The molecular weight excluding hydrogens is 192 g/mol. The van der Waals surface area contributed by atoms with E-state index in [9.17, 15) is 4.79 Å². The first-order valence-corrected chi connectivity index (χ1v) is 5.10. The molecule has 0 bridgehead atoms. The van der Waals surface area contributed by atoms with Crippen molar-refractivity contribution in [2.24, 2.45) is 0 Å². The van der Waals surface area contributed by atoms with E-state index in [0.717, 1.165) is 17.7 Å². The molecule has 0 aliphatic heterocycles. The highest BCUT2D eigenvalue weighted by Gasteiger charge is 2.13. The maximum absolute atomic E-state index is 10.8. The van der Waals surface area contributed by atoms with Gasteiger partial charge in [-0.25, -0.2) is 0 Å². The highest BCUT2D eigenvalue weighted by Crippen LogP contribution is 2.20. The molecule has 82 valence electrons. The van der Waals surface area contributed by atoms with Crippen LogP contribution in [0.1, 0.15) is 31.7 Å². The number of carboxylic acid groups (broad SMARTS) is 1. The van der Waals surface area contributed by atoms with Crippen molar-refractivity contribution in [2.75, 3.05) is 6.61 Å². The van der Waals surface area contributed by atoms with Crippen molar-refractivity contribution >= 4 is 5.97 Å². The van der Waals surface area contributed by atoms with Crippen LogP contribution in [0.5, 0.6) is 5.75 Å². The Bertz CT molecular complexity index is 333. The van der Waals surface area contributed by atoms with Crippen LogP contribution in [0.2, 0.25) is 0 Å². The molecule has 0 saturated heterocycles. The van der Waals surface area contributed by atoms with Crippen molar-refractivity contribution < 1.29 is 14.6 Å². The number of aliphatic carboxylic acids is 1. The van der Waals surface area contributed by atoms with Gasteiger partial charge in [0.05, 0.1) is 12.5 Å². The minimum Gasteiger partial charge on any atom is -0.494 e. The van der Waals surface area contributed by atoms with E-state index < -0.39 is 11.9 Å². The Hall–Kier alpha value is -1.51. The Balaban J connectivity index is 2.77. The predicted octanol–water partition coefficient (Wildman–Crippen LogP) is 2.66. The Morgan fingerprint density at radius 2 is 2.27 bits per heavy atom. The number of hydrogen-bond donors (Lipinski definition) is 1. The van der Waals surface area contributed by atoms with Crippen LogP contribution in [-0.4, -0.2) is 17.7 Å². The van der Waals surface area contributed by atoms with E-state index >= 15 is 0 Å². The topological polar surface area (TPSA) is 46.5 Å². The Morgan fingerprint density at radius 3 is 2.87 bits per heavy atom. The molecule has 1 aromatic rings. The molecule has 3 nitrogen and oxygen atoms in total. The number of carboxylic acids is 1. The molecule has 1 rings (SSSR count). The molecule has 0 radical (unpaired) electrons. The summed E-state index contributed by atoms with van der Waals surface area (Å²) in [6.45, 7) is 4.36. The zero-order chi connectivity index (χ0) is 11.3. The third-order valence-electron chi connectivity index (χ3n) is 2.20. The zero-order valence-electron chi connectivity index (χ0n) is 9.06. The van der Waals surface area contributed by atoms with Crippen LogP contribution in [0.3, 0.4) is 0 Å². The molecule has 0 fully saturated rings. The molecule has 1 unspecified atom stereocenters. The molecule has 0 aromatic heterocycles. The van der Waals surface area contributed by atoms with E-state index in [4.69, 9.17) is 9.84 Å². The number of hydrogen-bond acceptors (Lipinski definition) is 2. The van der Waals surface area contributed by atoms with E-state index in [1.54, 1.807) is 19.1 Å². The molecule has 1 atom stereocenters. The standard InChI is InChI=1S/C12H16O3/c1-3-7-15-11-6-4-5-10(8-11)9(2)12(13)14/h4-6,8-9H,3,7H2,1-2H3,(H,13,14). The van der Waals surface area contributed by atoms with Gasteiger partial charge in [0.2, 0.25) is 0 Å². The van der Waals surface area contributed by atoms with E-state index in [0.29, 0.717) is 6.61 Å². The molecule has 0 saturated carbocycles. The van der Waals surface area contributed by atoms with Gasteiger partial charge in [0, 0.05) is 0 Å². The first-order chi connectivity index (χ1) is 7.15. The van der Waals surface area contributed by atoms with Gasteiger partial charge in [0.25, 0.3) is 0 Å². The van der Waals surface area contributed by atoms with Gasteiger partial charge in [-0.1, -0.05) is 19.1 Å². The van der Waals surface area contributed by atoms with Gasteiger partial charge >= 0.3 is 5.97 Å². The van der Waals surface area contributed by atoms with E-state index in [1.807, 2.05) is 19.1 Å². The van der Waals surface area contributed by atoms with Crippen molar-refractivity contribution in [1.29, 1.82) is 0 Å². The largest absolute Gasteiger partial charge is 0.494 e. The van der Waals surface area contributed by atoms with Crippen LogP contribution in [0.4, 0.5) is 0 Å². The monoisotopic (exact) mass is 208 g/mol. The lowest BCUT2D eigenvalue weighted by atomic mass is 10.0. The van der Waals surface area contributed by atoms with Gasteiger partial charge in [-0.15, -0.1) is 0 Å². The summed E-state index contributed by atoms with van der Waals surface area (Å²) in [6, 6.07) is 7.25. The molecule has 0 amide bonds. The minimum atomic E-state index is -0.817. The van der Waals surface area contributed by atoms with Crippen molar-refractivity contribution in [3.63, 3.8) is 0 Å². The third-order valence-corrected chi connectivity index (χ3v) is 2.20. The van der Waals surface area contributed by atoms with Crippen LogP contribution in [0.15, 0.2) is 24.3 Å². The van der Waals surface area contributed by atoms with Crippen molar-refractivity contribution in [1.82, 2.24) is 0 Å². The fraction of sp³-hybridized carbons (Fsp3) is 0.417. The van der Waals surface area contributed by atoms with Crippen LogP contribution < -0.4 is 4.74 Å². The summed E-state index contributed by atoms with van der Waals surface area (Å²) in [5, 5.41) is 8.86. The normalized spacial score (nSPS) is 12.1. The summed E-state index contributed by atoms with van der Waals surface area (Å²) in [5.41, 5.74) is 0.774. The summed E-state index contributed by atoms with van der Waals surface area (Å²) in [6.07, 6.45) is 0.943. The van der Waals surface area contributed by atoms with Gasteiger partial charge in [-0.05, 0) is 31.0 Å². The second-order valence-electron chi connectivity index (χ2n) is 3.48. The first-order valence-electron chi connectivity index (χ1n) is 5.10. The number of ether oxygens (including phenoxy) is 1. The molecular formula is C12H16O3. The number of carbonyl (C=O) groups is 1. The highest BCUT2D eigenvalue weighted by molar-refractivity contribution is 5.75. The Labute approximate surface area is 89.7 Å². The maximum atomic E-state index is 10.8. The van der Waals surface area contributed by atoms with Gasteiger partial charge < -0.3 is 9.84 Å². The average Bonchev–Trinajstić information content (AvgIpc) is 2.25. The van der Waals surface area contributed by atoms with Crippen LogP contribution in [-0.2, 0) is 4.79 Å². The van der Waals surface area contributed by atoms with Crippen LogP contribution >= 0.6 is 0 Å². The minimum absolute atomic E-state index is 0.491. The van der Waals surface area contributed by atoms with E-state index in [2.05, 4.69) is 0 Å². The summed E-state index contributed by atoms with van der Waals surface area (Å²) in [5.74, 6) is -0.569. The molecule has 0 heterocycles. The van der Waals surface area contributed by atoms with Crippen LogP contribution in [0.25, 0.3) is 0 Å². The predicted molar refractivity (Wildman–Crippen MR) is 58.3 cm³/mol. The lowest BCUT2D eigenvalue weighted by Crippen LogP contribution is -2.07. The van der Waals surface area contributed by atoms with E-state index in [-0.39, 0.29) is 0 Å². The smallest absolute Gasteiger partial charge is 0.310 e. The number of benzene rings is 1.